The van der Waals surface area contributed by atoms with Crippen LogP contribution in [0.2, 0.25) is 0 Å². The van der Waals surface area contributed by atoms with E-state index in [1.165, 1.54) is 6.07 Å². The fourth-order valence-corrected chi connectivity index (χ4v) is 6.19. The molecule has 0 aliphatic carbocycles. The third-order valence-electron chi connectivity index (χ3n) is 2.80. The van der Waals surface area contributed by atoms with Gasteiger partial charge in [-0.05, 0) is 6.07 Å². The van der Waals surface area contributed by atoms with Crippen molar-refractivity contribution in [1.82, 2.24) is 0 Å². The van der Waals surface area contributed by atoms with Gasteiger partial charge >= 0.3 is 0 Å². The summed E-state index contributed by atoms with van der Waals surface area (Å²) in [5.41, 5.74) is 5.97. The number of hydrogen-bond donors (Lipinski definition) is 1. The molecule has 1 heterocycles. The SMILES string of the molecule is Nc1cc2c(c3ccccc13)S(=O)(=O)S2(=O)=O. The fourth-order valence-electron chi connectivity index (χ4n) is 1.99. The Hall–Kier alpha value is -1.60. The molecule has 2 N–H and O–H groups in total. The number of anilines is 1. The van der Waals surface area contributed by atoms with Crippen molar-refractivity contribution in [2.24, 2.45) is 0 Å². The van der Waals surface area contributed by atoms with Gasteiger partial charge in [-0.2, -0.15) is 0 Å². The third kappa shape index (κ3) is 1.03. The van der Waals surface area contributed by atoms with E-state index in [0.29, 0.717) is 10.8 Å². The van der Waals surface area contributed by atoms with Gasteiger partial charge < -0.3 is 5.73 Å². The molecular formula is C10H7NO4S2. The number of benzene rings is 2. The van der Waals surface area contributed by atoms with Crippen molar-refractivity contribution in [3.8, 4) is 0 Å². The van der Waals surface area contributed by atoms with Crippen LogP contribution in [0.25, 0.3) is 10.8 Å². The highest BCUT2D eigenvalue weighted by Crippen LogP contribution is 2.45. The molecule has 0 radical (unpaired) electrons. The molecule has 0 bridgehead atoms. The lowest BCUT2D eigenvalue weighted by atomic mass is 10.1. The number of fused-ring (bicyclic) bond motifs is 3. The molecule has 88 valence electrons. The summed E-state index contributed by atoms with van der Waals surface area (Å²) >= 11 is 0. The van der Waals surface area contributed by atoms with Crippen LogP contribution >= 0.6 is 0 Å². The second kappa shape index (κ2) is 2.80. The molecule has 0 spiro atoms. The standard InChI is InChI=1S/C10H7NO4S2/c11-8-5-9-10(17(14,15)16(9,12)13)7-4-2-1-3-6(7)8/h1-5H,11H2. The predicted octanol–water partition coefficient (Wildman–Crippen LogP) is 0.898. The van der Waals surface area contributed by atoms with E-state index in [0.717, 1.165) is 0 Å². The van der Waals surface area contributed by atoms with Gasteiger partial charge in [-0.3, -0.25) is 0 Å². The Morgan fingerprint density at radius 1 is 0.882 bits per heavy atom. The van der Waals surface area contributed by atoms with Crippen LogP contribution in [0.3, 0.4) is 0 Å². The summed E-state index contributed by atoms with van der Waals surface area (Å²) in [7, 11) is -8.49. The lowest BCUT2D eigenvalue weighted by Gasteiger charge is -2.22. The number of hydrogen-bond acceptors (Lipinski definition) is 5. The molecular weight excluding hydrogens is 262 g/mol. The summed E-state index contributed by atoms with van der Waals surface area (Å²) < 4.78 is 46.3. The van der Waals surface area contributed by atoms with Crippen LogP contribution < -0.4 is 5.73 Å². The van der Waals surface area contributed by atoms with Gasteiger partial charge in [-0.15, -0.1) is 0 Å². The second-order valence-corrected chi connectivity index (χ2v) is 9.04. The van der Waals surface area contributed by atoms with Gasteiger partial charge in [0.05, 0.1) is 0 Å². The molecule has 0 amide bonds. The van der Waals surface area contributed by atoms with Crippen molar-refractivity contribution in [3.05, 3.63) is 30.3 Å². The number of nitrogen functional groups attached to an aromatic ring is 1. The van der Waals surface area contributed by atoms with Gasteiger partial charge in [-0.25, -0.2) is 16.8 Å². The minimum atomic E-state index is -4.25. The summed E-state index contributed by atoms with van der Waals surface area (Å²) in [6.45, 7) is 0. The number of nitrogens with two attached hydrogens (primary N) is 1. The molecule has 2 aromatic rings. The van der Waals surface area contributed by atoms with Crippen LogP contribution in [-0.2, 0) is 17.7 Å². The Morgan fingerprint density at radius 2 is 1.47 bits per heavy atom. The van der Waals surface area contributed by atoms with Crippen LogP contribution in [0.4, 0.5) is 5.69 Å². The topological polar surface area (TPSA) is 94.3 Å². The van der Waals surface area contributed by atoms with E-state index in [1.807, 2.05) is 0 Å². The average Bonchev–Trinajstić information content (AvgIpc) is 2.28. The summed E-state index contributed by atoms with van der Waals surface area (Å²) in [5.74, 6) is 0. The van der Waals surface area contributed by atoms with Crippen molar-refractivity contribution in [2.75, 3.05) is 5.73 Å². The van der Waals surface area contributed by atoms with Crippen LogP contribution in [0, 0.1) is 0 Å². The minimum Gasteiger partial charge on any atom is -0.398 e. The Kier molecular flexibility index (Phi) is 1.74. The summed E-state index contributed by atoms with van der Waals surface area (Å²) in [6, 6.07) is 7.77. The van der Waals surface area contributed by atoms with Gasteiger partial charge in [0.1, 0.15) is 9.79 Å². The summed E-state index contributed by atoms with van der Waals surface area (Å²) in [4.78, 5) is -0.337. The second-order valence-electron chi connectivity index (χ2n) is 3.75. The maximum atomic E-state index is 11.7. The molecule has 0 unspecified atom stereocenters. The average molecular weight is 269 g/mol. The maximum Gasteiger partial charge on any atom is 0.288 e. The van der Waals surface area contributed by atoms with Crippen molar-refractivity contribution in [1.29, 1.82) is 0 Å². The van der Waals surface area contributed by atoms with Gasteiger partial charge in [0.15, 0.2) is 0 Å². The van der Waals surface area contributed by atoms with Crippen molar-refractivity contribution >= 4 is 34.2 Å². The molecule has 1 aliphatic heterocycles. The molecule has 0 aromatic heterocycles. The monoisotopic (exact) mass is 269 g/mol. The first-order valence-electron chi connectivity index (χ1n) is 4.68. The third-order valence-corrected chi connectivity index (χ3v) is 8.08. The van der Waals surface area contributed by atoms with E-state index < -0.39 is 17.7 Å². The molecule has 0 saturated carbocycles. The molecule has 1 aliphatic rings. The molecule has 3 rings (SSSR count). The van der Waals surface area contributed by atoms with Crippen molar-refractivity contribution in [3.63, 3.8) is 0 Å². The Bertz CT molecular complexity index is 867. The Morgan fingerprint density at radius 3 is 2.12 bits per heavy atom. The highest BCUT2D eigenvalue weighted by Gasteiger charge is 2.50. The zero-order valence-electron chi connectivity index (χ0n) is 8.41. The lowest BCUT2D eigenvalue weighted by molar-refractivity contribution is 0.571. The van der Waals surface area contributed by atoms with Crippen molar-refractivity contribution in [2.45, 2.75) is 9.79 Å². The Labute approximate surface area is 97.1 Å². The molecule has 0 atom stereocenters. The molecule has 17 heavy (non-hydrogen) atoms. The van der Waals surface area contributed by atoms with Gasteiger partial charge in [0.25, 0.3) is 17.7 Å². The fraction of sp³-hybridized carbons (Fsp3) is 0. The highest BCUT2D eigenvalue weighted by molar-refractivity contribution is 8.69. The summed E-state index contributed by atoms with van der Waals surface area (Å²) in [6.07, 6.45) is 0. The van der Waals surface area contributed by atoms with Crippen molar-refractivity contribution < 1.29 is 16.8 Å². The Balaban J connectivity index is 2.66. The van der Waals surface area contributed by atoms with E-state index in [2.05, 4.69) is 0 Å². The maximum absolute atomic E-state index is 11.7. The molecule has 7 heteroatoms. The summed E-state index contributed by atoms with van der Waals surface area (Å²) in [5, 5.41) is 0.905. The van der Waals surface area contributed by atoms with E-state index in [1.54, 1.807) is 24.3 Å². The van der Waals surface area contributed by atoms with E-state index in [9.17, 15) is 16.8 Å². The van der Waals surface area contributed by atoms with Crippen LogP contribution in [-0.4, -0.2) is 16.8 Å². The predicted molar refractivity (Wildman–Crippen MR) is 62.7 cm³/mol. The molecule has 2 aromatic carbocycles. The van der Waals surface area contributed by atoms with Crippen LogP contribution in [0.15, 0.2) is 40.1 Å². The largest absolute Gasteiger partial charge is 0.398 e. The molecule has 0 saturated heterocycles. The van der Waals surface area contributed by atoms with Gasteiger partial charge in [-0.1, -0.05) is 24.3 Å². The first-order valence-corrected chi connectivity index (χ1v) is 8.17. The van der Waals surface area contributed by atoms with Crippen LogP contribution in [0.1, 0.15) is 0 Å². The number of rotatable bonds is 0. The smallest absolute Gasteiger partial charge is 0.288 e. The first kappa shape index (κ1) is 10.5. The zero-order valence-corrected chi connectivity index (χ0v) is 10.0. The minimum absolute atomic E-state index is 0.137. The molecule has 0 fully saturated rings. The highest BCUT2D eigenvalue weighted by atomic mass is 33.2. The molecule has 5 nitrogen and oxygen atoms in total. The van der Waals surface area contributed by atoms with Gasteiger partial charge in [0.2, 0.25) is 0 Å². The zero-order chi connectivity index (χ0) is 12.4. The van der Waals surface area contributed by atoms with E-state index in [-0.39, 0.29) is 15.5 Å². The van der Waals surface area contributed by atoms with E-state index in [4.69, 9.17) is 5.73 Å². The normalized spacial score (nSPS) is 19.5. The quantitative estimate of drug-likeness (QED) is 0.566. The van der Waals surface area contributed by atoms with E-state index >= 15 is 0 Å². The lowest BCUT2D eigenvalue weighted by Crippen LogP contribution is -2.29. The first-order chi connectivity index (χ1) is 7.87. The van der Waals surface area contributed by atoms with Gasteiger partial charge in [0, 0.05) is 16.5 Å². The van der Waals surface area contributed by atoms with Crippen LogP contribution in [0.5, 0.6) is 0 Å².